The SMILES string of the molecule is CC1(C)C2CCC1(N)C(=O)C2.Cl. The predicted octanol–water partition coefficient (Wildman–Crippen LogP) is 1.51. The first-order valence-corrected chi connectivity index (χ1v) is 4.31. The van der Waals surface area contributed by atoms with Gasteiger partial charge in [0.25, 0.3) is 0 Å². The van der Waals surface area contributed by atoms with Gasteiger partial charge >= 0.3 is 0 Å². The molecule has 0 radical (unpaired) electrons. The van der Waals surface area contributed by atoms with E-state index in [1.54, 1.807) is 0 Å². The Hall–Kier alpha value is -0.0800. The fraction of sp³-hybridized carbons (Fsp3) is 0.889. The van der Waals surface area contributed by atoms with Crippen LogP contribution in [-0.2, 0) is 4.79 Å². The van der Waals surface area contributed by atoms with Gasteiger partial charge in [-0.05, 0) is 24.2 Å². The number of fused-ring (bicyclic) bond motifs is 2. The highest BCUT2D eigenvalue weighted by Gasteiger charge is 2.62. The molecule has 0 saturated heterocycles. The standard InChI is InChI=1S/C9H15NO.ClH/c1-8(2)6-3-4-9(8,10)7(11)5-6;/h6H,3-5,10H2,1-2H3;1H. The smallest absolute Gasteiger partial charge is 0.153 e. The minimum Gasteiger partial charge on any atom is -0.319 e. The fourth-order valence-corrected chi connectivity index (χ4v) is 2.71. The highest BCUT2D eigenvalue weighted by Crippen LogP contribution is 2.56. The van der Waals surface area contributed by atoms with E-state index in [-0.39, 0.29) is 17.8 Å². The molecule has 2 rings (SSSR count). The Morgan fingerprint density at radius 2 is 2.08 bits per heavy atom. The molecule has 0 aromatic rings. The van der Waals surface area contributed by atoms with Crippen LogP contribution >= 0.6 is 12.4 Å². The van der Waals surface area contributed by atoms with E-state index in [9.17, 15) is 4.79 Å². The van der Waals surface area contributed by atoms with Gasteiger partial charge in [-0.2, -0.15) is 0 Å². The maximum atomic E-state index is 11.4. The molecule has 2 aliphatic rings. The molecular weight excluding hydrogens is 174 g/mol. The summed E-state index contributed by atoms with van der Waals surface area (Å²) < 4.78 is 0. The van der Waals surface area contributed by atoms with Gasteiger partial charge in [-0.15, -0.1) is 12.4 Å². The van der Waals surface area contributed by atoms with Crippen LogP contribution in [0.5, 0.6) is 0 Å². The predicted molar refractivity (Wildman–Crippen MR) is 50.3 cm³/mol. The number of Topliss-reactive ketones (excluding diaryl/α,β-unsaturated/α-hetero) is 1. The highest BCUT2D eigenvalue weighted by atomic mass is 35.5. The fourth-order valence-electron chi connectivity index (χ4n) is 2.71. The van der Waals surface area contributed by atoms with Gasteiger partial charge < -0.3 is 5.73 Å². The molecule has 2 fully saturated rings. The summed E-state index contributed by atoms with van der Waals surface area (Å²) >= 11 is 0. The third-order valence-corrected chi connectivity index (χ3v) is 3.99. The zero-order chi connectivity index (χ0) is 8.28. The number of rotatable bonds is 0. The summed E-state index contributed by atoms with van der Waals surface area (Å²) in [5.74, 6) is 0.846. The van der Waals surface area contributed by atoms with Crippen LogP contribution in [0.2, 0.25) is 0 Å². The van der Waals surface area contributed by atoms with Gasteiger partial charge in [-0.3, -0.25) is 4.79 Å². The molecule has 2 aliphatic carbocycles. The Morgan fingerprint density at radius 1 is 1.50 bits per heavy atom. The number of carbonyl (C=O) groups excluding carboxylic acids is 1. The first-order valence-electron chi connectivity index (χ1n) is 4.31. The molecular formula is C9H16ClNO. The second kappa shape index (κ2) is 2.46. The third-order valence-electron chi connectivity index (χ3n) is 3.99. The van der Waals surface area contributed by atoms with E-state index in [2.05, 4.69) is 13.8 Å². The molecule has 0 aromatic carbocycles. The van der Waals surface area contributed by atoms with Gasteiger partial charge in [-0.1, -0.05) is 13.8 Å². The van der Waals surface area contributed by atoms with Crippen molar-refractivity contribution in [2.75, 3.05) is 0 Å². The molecule has 2 saturated carbocycles. The van der Waals surface area contributed by atoms with E-state index in [0.717, 1.165) is 19.3 Å². The van der Waals surface area contributed by atoms with Crippen LogP contribution in [0.4, 0.5) is 0 Å². The molecule has 3 heteroatoms. The maximum absolute atomic E-state index is 11.4. The zero-order valence-electron chi connectivity index (χ0n) is 7.59. The Morgan fingerprint density at radius 3 is 2.25 bits per heavy atom. The van der Waals surface area contributed by atoms with Gasteiger partial charge in [0.2, 0.25) is 0 Å². The molecule has 12 heavy (non-hydrogen) atoms. The van der Waals surface area contributed by atoms with Crippen LogP contribution in [-0.4, -0.2) is 11.3 Å². The average molecular weight is 190 g/mol. The largest absolute Gasteiger partial charge is 0.319 e. The third kappa shape index (κ3) is 0.826. The van der Waals surface area contributed by atoms with Crippen molar-refractivity contribution < 1.29 is 4.79 Å². The molecule has 2 N–H and O–H groups in total. The van der Waals surface area contributed by atoms with Crippen LogP contribution in [0.15, 0.2) is 0 Å². The van der Waals surface area contributed by atoms with Gasteiger partial charge in [0, 0.05) is 6.42 Å². The van der Waals surface area contributed by atoms with Crippen LogP contribution in [0, 0.1) is 11.3 Å². The number of hydrogen-bond donors (Lipinski definition) is 1. The molecule has 2 bridgehead atoms. The van der Waals surface area contributed by atoms with E-state index >= 15 is 0 Å². The minimum absolute atomic E-state index is 0. The number of ketones is 1. The molecule has 0 spiro atoms. The second-order valence-electron chi connectivity index (χ2n) is 4.56. The molecule has 70 valence electrons. The lowest BCUT2D eigenvalue weighted by atomic mass is 9.77. The number of carbonyl (C=O) groups is 1. The van der Waals surface area contributed by atoms with Crippen molar-refractivity contribution in [3.05, 3.63) is 0 Å². The van der Waals surface area contributed by atoms with Gasteiger partial charge in [0.05, 0.1) is 5.54 Å². The summed E-state index contributed by atoms with van der Waals surface area (Å²) in [4.78, 5) is 11.4. The lowest BCUT2D eigenvalue weighted by molar-refractivity contribution is -0.124. The summed E-state index contributed by atoms with van der Waals surface area (Å²) in [5, 5.41) is 0. The topological polar surface area (TPSA) is 43.1 Å². The van der Waals surface area contributed by atoms with Crippen molar-refractivity contribution in [1.29, 1.82) is 0 Å². The van der Waals surface area contributed by atoms with Crippen LogP contribution < -0.4 is 5.73 Å². The summed E-state index contributed by atoms with van der Waals surface area (Å²) in [7, 11) is 0. The van der Waals surface area contributed by atoms with Crippen LogP contribution in [0.25, 0.3) is 0 Å². The van der Waals surface area contributed by atoms with E-state index in [4.69, 9.17) is 5.73 Å². The molecule has 0 amide bonds. The molecule has 0 heterocycles. The van der Waals surface area contributed by atoms with Gasteiger partial charge in [0.1, 0.15) is 0 Å². The number of hydrogen-bond acceptors (Lipinski definition) is 2. The Bertz CT molecular complexity index is 227. The molecule has 2 unspecified atom stereocenters. The van der Waals surface area contributed by atoms with Crippen molar-refractivity contribution in [3.8, 4) is 0 Å². The Balaban J connectivity index is 0.000000720. The average Bonchev–Trinajstić information content (AvgIpc) is 2.20. The number of halogens is 1. The molecule has 0 aromatic heterocycles. The molecule has 2 nitrogen and oxygen atoms in total. The van der Waals surface area contributed by atoms with Crippen LogP contribution in [0.3, 0.4) is 0 Å². The van der Waals surface area contributed by atoms with E-state index < -0.39 is 5.54 Å². The quantitative estimate of drug-likeness (QED) is 0.628. The Labute approximate surface area is 79.3 Å². The lowest BCUT2D eigenvalue weighted by Gasteiger charge is -2.32. The summed E-state index contributed by atoms with van der Waals surface area (Å²) in [5.41, 5.74) is 5.66. The molecule has 2 atom stereocenters. The maximum Gasteiger partial charge on any atom is 0.153 e. The summed E-state index contributed by atoms with van der Waals surface area (Å²) in [6.07, 6.45) is 2.78. The van der Waals surface area contributed by atoms with E-state index in [1.807, 2.05) is 0 Å². The van der Waals surface area contributed by atoms with E-state index in [0.29, 0.717) is 11.7 Å². The first kappa shape index (κ1) is 10.0. The van der Waals surface area contributed by atoms with Crippen molar-refractivity contribution >= 4 is 18.2 Å². The first-order chi connectivity index (χ1) is 4.98. The second-order valence-corrected chi connectivity index (χ2v) is 4.56. The molecule has 0 aliphatic heterocycles. The normalized spacial score (nSPS) is 42.9. The summed E-state index contributed by atoms with van der Waals surface area (Å²) in [6, 6.07) is 0. The van der Waals surface area contributed by atoms with Crippen molar-refractivity contribution in [3.63, 3.8) is 0 Å². The van der Waals surface area contributed by atoms with Crippen molar-refractivity contribution in [1.82, 2.24) is 0 Å². The zero-order valence-corrected chi connectivity index (χ0v) is 8.41. The van der Waals surface area contributed by atoms with Gasteiger partial charge in [0.15, 0.2) is 5.78 Å². The monoisotopic (exact) mass is 189 g/mol. The number of nitrogens with two attached hydrogens (primary N) is 1. The lowest BCUT2D eigenvalue weighted by Crippen LogP contribution is -2.51. The van der Waals surface area contributed by atoms with E-state index in [1.165, 1.54) is 0 Å². The Kier molecular flexibility index (Phi) is 2.05. The minimum atomic E-state index is -0.475. The summed E-state index contributed by atoms with van der Waals surface area (Å²) in [6.45, 7) is 4.27. The van der Waals surface area contributed by atoms with Crippen LogP contribution in [0.1, 0.15) is 33.1 Å². The van der Waals surface area contributed by atoms with Gasteiger partial charge in [-0.25, -0.2) is 0 Å². The van der Waals surface area contributed by atoms with Crippen molar-refractivity contribution in [2.45, 2.75) is 38.6 Å². The van der Waals surface area contributed by atoms with Crippen molar-refractivity contribution in [2.24, 2.45) is 17.1 Å². The highest BCUT2D eigenvalue weighted by molar-refractivity contribution is 5.93.